The number of benzene rings is 2. The van der Waals surface area contributed by atoms with Gasteiger partial charge in [-0.2, -0.15) is 0 Å². The minimum atomic E-state index is -3.41. The third kappa shape index (κ3) is 7.14. The first-order valence-corrected chi connectivity index (χ1v) is 12.3. The molecule has 0 saturated heterocycles. The molecule has 3 rings (SSSR count). The highest BCUT2D eigenvalue weighted by atomic mass is 127. The fraction of sp³-hybridized carbons (Fsp3) is 0.381. The molecule has 1 saturated carbocycles. The summed E-state index contributed by atoms with van der Waals surface area (Å²) < 4.78 is 27.2. The van der Waals surface area contributed by atoms with Crippen molar-refractivity contribution in [1.29, 1.82) is 0 Å². The topological polar surface area (TPSA) is 82.6 Å². The van der Waals surface area contributed by atoms with E-state index in [0.717, 1.165) is 18.4 Å². The van der Waals surface area contributed by atoms with Crippen molar-refractivity contribution in [3.05, 3.63) is 59.2 Å². The zero-order valence-corrected chi connectivity index (χ0v) is 21.4. The van der Waals surface area contributed by atoms with Gasteiger partial charge in [0.25, 0.3) is 0 Å². The van der Waals surface area contributed by atoms with Gasteiger partial charge in [0.05, 0.1) is 4.90 Å². The SMILES string of the molecule is CN=C(NCc1ccc(S(=O)(=O)NC2CC2)cc1)NCc1ccc(C)cc1SC.I. The summed E-state index contributed by atoms with van der Waals surface area (Å²) in [7, 11) is -1.67. The minimum absolute atomic E-state index is 0. The minimum Gasteiger partial charge on any atom is -0.352 e. The molecule has 9 heteroatoms. The van der Waals surface area contributed by atoms with Crippen LogP contribution in [0.25, 0.3) is 0 Å². The van der Waals surface area contributed by atoms with E-state index in [0.29, 0.717) is 23.9 Å². The Hall–Kier alpha value is -1.30. The van der Waals surface area contributed by atoms with E-state index in [1.54, 1.807) is 30.9 Å². The Morgan fingerprint density at radius 1 is 1.10 bits per heavy atom. The normalized spacial score (nSPS) is 14.2. The second kappa shape index (κ2) is 11.4. The number of halogens is 1. The molecular weight excluding hydrogens is 531 g/mol. The number of thioether (sulfide) groups is 1. The average molecular weight is 561 g/mol. The van der Waals surface area contributed by atoms with Crippen molar-refractivity contribution >= 4 is 51.7 Å². The molecule has 0 spiro atoms. The van der Waals surface area contributed by atoms with E-state index in [1.807, 2.05) is 12.1 Å². The zero-order chi connectivity index (χ0) is 20.9. The van der Waals surface area contributed by atoms with Gasteiger partial charge in [-0.05, 0) is 60.9 Å². The summed E-state index contributed by atoms with van der Waals surface area (Å²) in [5, 5.41) is 6.61. The molecule has 0 radical (unpaired) electrons. The van der Waals surface area contributed by atoms with Crippen LogP contribution >= 0.6 is 35.7 Å². The maximum Gasteiger partial charge on any atom is 0.240 e. The van der Waals surface area contributed by atoms with Gasteiger partial charge in [-0.25, -0.2) is 13.1 Å². The third-order valence-electron chi connectivity index (χ3n) is 4.71. The fourth-order valence-corrected chi connectivity index (χ4v) is 4.87. The van der Waals surface area contributed by atoms with E-state index in [9.17, 15) is 8.42 Å². The molecule has 0 bridgehead atoms. The first-order valence-electron chi connectivity index (χ1n) is 9.60. The van der Waals surface area contributed by atoms with Gasteiger partial charge in [-0.3, -0.25) is 4.99 Å². The fourth-order valence-electron chi connectivity index (χ4n) is 2.86. The molecule has 0 amide bonds. The molecule has 6 nitrogen and oxygen atoms in total. The van der Waals surface area contributed by atoms with E-state index in [2.05, 4.69) is 51.7 Å². The highest BCUT2D eigenvalue weighted by Gasteiger charge is 2.27. The number of hydrogen-bond acceptors (Lipinski definition) is 4. The van der Waals surface area contributed by atoms with Gasteiger partial charge in [-0.1, -0.05) is 24.3 Å². The van der Waals surface area contributed by atoms with E-state index < -0.39 is 10.0 Å². The molecule has 1 aliphatic rings. The average Bonchev–Trinajstić information content (AvgIpc) is 3.52. The maximum atomic E-state index is 12.2. The van der Waals surface area contributed by atoms with Crippen LogP contribution in [-0.2, 0) is 23.1 Å². The molecule has 0 atom stereocenters. The number of aryl methyl sites for hydroxylation is 1. The lowest BCUT2D eigenvalue weighted by molar-refractivity contribution is 0.581. The summed E-state index contributed by atoms with van der Waals surface area (Å²) in [5.74, 6) is 0.699. The van der Waals surface area contributed by atoms with Crippen molar-refractivity contribution in [2.24, 2.45) is 4.99 Å². The highest BCUT2D eigenvalue weighted by molar-refractivity contribution is 14.0. The second-order valence-electron chi connectivity index (χ2n) is 7.13. The van der Waals surface area contributed by atoms with Crippen molar-refractivity contribution in [2.75, 3.05) is 13.3 Å². The van der Waals surface area contributed by atoms with Gasteiger partial charge in [0.2, 0.25) is 10.0 Å². The van der Waals surface area contributed by atoms with Gasteiger partial charge >= 0.3 is 0 Å². The van der Waals surface area contributed by atoms with Crippen LogP contribution in [0.15, 0.2) is 57.2 Å². The molecule has 164 valence electrons. The second-order valence-corrected chi connectivity index (χ2v) is 9.70. The van der Waals surface area contributed by atoms with Gasteiger partial charge in [0, 0.05) is 31.1 Å². The Bertz CT molecular complexity index is 975. The van der Waals surface area contributed by atoms with Crippen molar-refractivity contribution in [2.45, 2.75) is 48.7 Å². The Morgan fingerprint density at radius 2 is 1.77 bits per heavy atom. The number of nitrogens with zero attached hydrogens (tertiary/aromatic N) is 1. The number of sulfonamides is 1. The molecule has 3 N–H and O–H groups in total. The lowest BCUT2D eigenvalue weighted by atomic mass is 10.1. The van der Waals surface area contributed by atoms with E-state index in [-0.39, 0.29) is 30.0 Å². The van der Waals surface area contributed by atoms with Crippen molar-refractivity contribution in [3.8, 4) is 0 Å². The summed E-state index contributed by atoms with van der Waals surface area (Å²) >= 11 is 1.74. The van der Waals surface area contributed by atoms with Crippen molar-refractivity contribution < 1.29 is 8.42 Å². The predicted octanol–water partition coefficient (Wildman–Crippen LogP) is 3.64. The van der Waals surface area contributed by atoms with Crippen LogP contribution in [0.5, 0.6) is 0 Å². The van der Waals surface area contributed by atoms with Crippen LogP contribution in [0.3, 0.4) is 0 Å². The number of hydrogen-bond donors (Lipinski definition) is 3. The van der Waals surface area contributed by atoms with E-state index >= 15 is 0 Å². The first-order chi connectivity index (χ1) is 13.9. The van der Waals surface area contributed by atoms with E-state index in [1.165, 1.54) is 16.0 Å². The molecule has 0 aliphatic heterocycles. The standard InChI is InChI=1S/C21H28N4O2S2.HI/c1-15-4-7-17(20(12-15)28-3)14-24-21(22-2)23-13-16-5-10-19(11-6-16)29(26,27)25-18-8-9-18;/h4-7,10-12,18,25H,8-9,13-14H2,1-3H3,(H2,22,23,24);1H. The summed E-state index contributed by atoms with van der Waals surface area (Å²) in [6.07, 6.45) is 3.93. The maximum absolute atomic E-state index is 12.2. The molecule has 30 heavy (non-hydrogen) atoms. The third-order valence-corrected chi connectivity index (χ3v) is 7.06. The zero-order valence-electron chi connectivity index (χ0n) is 17.4. The lowest BCUT2D eigenvalue weighted by Gasteiger charge is -2.14. The van der Waals surface area contributed by atoms with Crippen LogP contribution < -0.4 is 15.4 Å². The summed E-state index contributed by atoms with van der Waals surface area (Å²) in [5.41, 5.74) is 3.46. The van der Waals surface area contributed by atoms with Gasteiger partial charge in [0.1, 0.15) is 0 Å². The number of nitrogens with one attached hydrogen (secondary N) is 3. The van der Waals surface area contributed by atoms with Crippen LogP contribution in [0, 0.1) is 6.92 Å². The molecule has 1 aliphatic carbocycles. The van der Waals surface area contributed by atoms with Crippen molar-refractivity contribution in [3.63, 3.8) is 0 Å². The summed E-state index contributed by atoms with van der Waals surface area (Å²) in [6, 6.07) is 13.5. The van der Waals surface area contributed by atoms with Gasteiger partial charge in [-0.15, -0.1) is 35.7 Å². The molecule has 0 heterocycles. The first kappa shape index (κ1) is 25.0. The molecule has 2 aromatic carbocycles. The number of rotatable bonds is 8. The molecule has 2 aromatic rings. The molecular formula is C21H29IN4O2S2. The van der Waals surface area contributed by atoms with Crippen LogP contribution in [0.1, 0.15) is 29.5 Å². The van der Waals surface area contributed by atoms with Gasteiger partial charge < -0.3 is 10.6 Å². The Labute approximate surface area is 200 Å². The van der Waals surface area contributed by atoms with E-state index in [4.69, 9.17) is 0 Å². The van der Waals surface area contributed by atoms with Gasteiger partial charge in [0.15, 0.2) is 5.96 Å². The Morgan fingerprint density at radius 3 is 2.37 bits per heavy atom. The van der Waals surface area contributed by atoms with Crippen LogP contribution in [0.4, 0.5) is 0 Å². The van der Waals surface area contributed by atoms with Crippen LogP contribution in [0.2, 0.25) is 0 Å². The Kier molecular flexibility index (Phi) is 9.45. The summed E-state index contributed by atoms with van der Waals surface area (Å²) in [6.45, 7) is 3.33. The molecule has 0 unspecified atom stereocenters. The van der Waals surface area contributed by atoms with Crippen LogP contribution in [-0.4, -0.2) is 33.7 Å². The largest absolute Gasteiger partial charge is 0.352 e. The predicted molar refractivity (Wildman–Crippen MR) is 135 cm³/mol. The summed E-state index contributed by atoms with van der Waals surface area (Å²) in [4.78, 5) is 5.83. The quantitative estimate of drug-likeness (QED) is 0.199. The lowest BCUT2D eigenvalue weighted by Crippen LogP contribution is -2.36. The Balaban J connectivity index is 0.00000320. The monoisotopic (exact) mass is 560 g/mol. The molecule has 0 aromatic heterocycles. The van der Waals surface area contributed by atoms with Crippen molar-refractivity contribution in [1.82, 2.24) is 15.4 Å². The smallest absolute Gasteiger partial charge is 0.240 e. The number of guanidine groups is 1. The number of aliphatic imine (C=N–C) groups is 1. The molecule has 1 fully saturated rings. The highest BCUT2D eigenvalue weighted by Crippen LogP contribution is 2.23.